The van der Waals surface area contributed by atoms with Crippen LogP contribution >= 0.6 is 0 Å². The number of H-pyrrole nitrogens is 1. The molecule has 0 saturated heterocycles. The van der Waals surface area contributed by atoms with Crippen molar-refractivity contribution in [1.29, 1.82) is 0 Å². The highest BCUT2D eigenvalue weighted by Crippen LogP contribution is 2.19. The molecule has 2 aromatic rings. The normalized spacial score (nSPS) is 14.2. The van der Waals surface area contributed by atoms with Crippen LogP contribution in [0.2, 0.25) is 0 Å². The van der Waals surface area contributed by atoms with Crippen LogP contribution in [0.25, 0.3) is 10.9 Å². The quantitative estimate of drug-likeness (QED) is 0.294. The second-order valence-electron chi connectivity index (χ2n) is 7.10. The number of rotatable bonds is 11. The van der Waals surface area contributed by atoms with Gasteiger partial charge in [-0.1, -0.05) is 18.2 Å². The highest BCUT2D eigenvalue weighted by atomic mass is 16.4. The van der Waals surface area contributed by atoms with Crippen LogP contribution in [0.4, 0.5) is 0 Å². The summed E-state index contributed by atoms with van der Waals surface area (Å²) < 4.78 is 0. The maximum absolute atomic E-state index is 12.8. The van der Waals surface area contributed by atoms with Crippen molar-refractivity contribution in [2.45, 2.75) is 50.7 Å². The molecule has 1 aromatic carbocycles. The lowest BCUT2D eigenvalue weighted by Crippen LogP contribution is -2.54. The first kappa shape index (κ1) is 22.4. The third-order valence-corrected chi connectivity index (χ3v) is 4.71. The average molecular weight is 403 g/mol. The zero-order valence-electron chi connectivity index (χ0n) is 16.5. The molecule has 2 amide bonds. The molecule has 0 radical (unpaired) electrons. The molecule has 9 heteroatoms. The molecule has 158 valence electrons. The third kappa shape index (κ3) is 6.30. The highest BCUT2D eigenvalue weighted by Gasteiger charge is 2.28. The number of aromatic nitrogens is 1. The van der Waals surface area contributed by atoms with E-state index in [1.54, 1.807) is 6.20 Å². The van der Waals surface area contributed by atoms with Crippen LogP contribution in [0.1, 0.15) is 31.7 Å². The van der Waals surface area contributed by atoms with Gasteiger partial charge in [0.1, 0.15) is 12.1 Å². The number of aromatic amines is 1. The predicted molar refractivity (Wildman–Crippen MR) is 110 cm³/mol. The summed E-state index contributed by atoms with van der Waals surface area (Å²) in [6, 6.07) is 4.79. The third-order valence-electron chi connectivity index (χ3n) is 4.71. The summed E-state index contributed by atoms with van der Waals surface area (Å²) in [5, 5.41) is 15.5. The smallest absolute Gasteiger partial charge is 0.326 e. The number of benzene rings is 1. The van der Waals surface area contributed by atoms with E-state index in [1.165, 1.54) is 6.92 Å². The number of carboxylic acid groups (broad SMARTS) is 1. The molecular formula is C20H29N5O4. The maximum Gasteiger partial charge on any atom is 0.326 e. The number of hydrogen-bond donors (Lipinski definition) is 6. The van der Waals surface area contributed by atoms with Gasteiger partial charge in [0.15, 0.2) is 0 Å². The first-order chi connectivity index (χ1) is 13.8. The van der Waals surface area contributed by atoms with Crippen LogP contribution in [0, 0.1) is 0 Å². The molecule has 0 aliphatic carbocycles. The summed E-state index contributed by atoms with van der Waals surface area (Å²) in [6.45, 7) is 1.97. The molecule has 0 unspecified atom stereocenters. The summed E-state index contributed by atoms with van der Waals surface area (Å²) in [5.74, 6) is -2.18. The Kier molecular flexibility index (Phi) is 8.17. The van der Waals surface area contributed by atoms with Gasteiger partial charge < -0.3 is 32.2 Å². The van der Waals surface area contributed by atoms with Gasteiger partial charge >= 0.3 is 5.97 Å². The largest absolute Gasteiger partial charge is 0.480 e. The Morgan fingerprint density at radius 3 is 2.45 bits per heavy atom. The van der Waals surface area contributed by atoms with Crippen molar-refractivity contribution in [3.8, 4) is 0 Å². The molecule has 1 aromatic heterocycles. The number of unbranched alkanes of at least 4 members (excludes halogenated alkanes) is 1. The first-order valence-corrected chi connectivity index (χ1v) is 9.67. The van der Waals surface area contributed by atoms with Crippen molar-refractivity contribution >= 4 is 28.7 Å². The number of carbonyl (C=O) groups excluding carboxylic acids is 2. The minimum Gasteiger partial charge on any atom is -0.480 e. The van der Waals surface area contributed by atoms with Crippen molar-refractivity contribution in [2.75, 3.05) is 6.54 Å². The summed E-state index contributed by atoms with van der Waals surface area (Å²) in [5.41, 5.74) is 12.8. The van der Waals surface area contributed by atoms with Crippen molar-refractivity contribution < 1.29 is 19.5 Å². The number of para-hydroxylation sites is 1. The number of amides is 2. The topological polar surface area (TPSA) is 163 Å². The molecule has 1 heterocycles. The van der Waals surface area contributed by atoms with E-state index in [1.807, 2.05) is 24.3 Å². The van der Waals surface area contributed by atoms with E-state index < -0.39 is 35.9 Å². The van der Waals surface area contributed by atoms with Gasteiger partial charge in [0, 0.05) is 23.5 Å². The van der Waals surface area contributed by atoms with Crippen LogP contribution in [-0.2, 0) is 20.8 Å². The maximum atomic E-state index is 12.8. The molecule has 0 saturated carbocycles. The molecular weight excluding hydrogens is 374 g/mol. The molecule has 3 atom stereocenters. The van der Waals surface area contributed by atoms with E-state index >= 15 is 0 Å². The lowest BCUT2D eigenvalue weighted by Gasteiger charge is -2.22. The van der Waals surface area contributed by atoms with E-state index in [2.05, 4.69) is 15.6 Å². The molecule has 9 nitrogen and oxygen atoms in total. The summed E-state index contributed by atoms with van der Waals surface area (Å²) >= 11 is 0. The fraction of sp³-hybridized carbons (Fsp3) is 0.450. The SMILES string of the molecule is C[C@@H](N)C(=O)N[C@@H](Cc1c[nH]c2ccccc12)C(=O)N[C@@H](CCCCN)C(=O)O. The minimum atomic E-state index is -1.13. The van der Waals surface area contributed by atoms with Crippen molar-refractivity contribution in [2.24, 2.45) is 11.5 Å². The molecule has 0 spiro atoms. The van der Waals surface area contributed by atoms with Crippen LogP contribution < -0.4 is 22.1 Å². The van der Waals surface area contributed by atoms with Crippen molar-refractivity contribution in [3.63, 3.8) is 0 Å². The Hall–Kier alpha value is -2.91. The van der Waals surface area contributed by atoms with Crippen LogP contribution in [-0.4, -0.2) is 52.5 Å². The lowest BCUT2D eigenvalue weighted by molar-refractivity contribution is -0.142. The van der Waals surface area contributed by atoms with Gasteiger partial charge in [-0.15, -0.1) is 0 Å². The van der Waals surface area contributed by atoms with Gasteiger partial charge in [-0.3, -0.25) is 9.59 Å². The van der Waals surface area contributed by atoms with E-state index in [0.29, 0.717) is 19.4 Å². The first-order valence-electron chi connectivity index (χ1n) is 9.67. The summed E-state index contributed by atoms with van der Waals surface area (Å²) in [7, 11) is 0. The Morgan fingerprint density at radius 1 is 1.10 bits per heavy atom. The predicted octanol–water partition coefficient (Wildman–Crippen LogP) is 0.241. The number of nitrogens with two attached hydrogens (primary N) is 2. The number of aliphatic carboxylic acids is 1. The molecule has 0 bridgehead atoms. The average Bonchev–Trinajstić information content (AvgIpc) is 3.09. The second-order valence-corrected chi connectivity index (χ2v) is 7.10. The number of carbonyl (C=O) groups is 3. The second kappa shape index (κ2) is 10.6. The van der Waals surface area contributed by atoms with Crippen molar-refractivity contribution in [1.82, 2.24) is 15.6 Å². The standard InChI is InChI=1S/C20H29N5O4/c1-12(22)18(26)25-17(10-13-11-23-15-7-3-2-6-14(13)15)19(27)24-16(20(28)29)8-4-5-9-21/h2-3,6-7,11-12,16-17,23H,4-5,8-10,21-22H2,1H3,(H,24,27)(H,25,26)(H,28,29)/t12-,16+,17+/m1/s1. The highest BCUT2D eigenvalue weighted by molar-refractivity contribution is 5.92. The lowest BCUT2D eigenvalue weighted by atomic mass is 10.0. The molecule has 2 rings (SSSR count). The Balaban J connectivity index is 2.18. The van der Waals surface area contributed by atoms with Crippen LogP contribution in [0.15, 0.2) is 30.5 Å². The summed E-state index contributed by atoms with van der Waals surface area (Å²) in [6.07, 6.45) is 3.48. The molecule has 8 N–H and O–H groups in total. The van der Waals surface area contributed by atoms with Crippen LogP contribution in [0.3, 0.4) is 0 Å². The monoisotopic (exact) mass is 403 g/mol. The number of fused-ring (bicyclic) bond motifs is 1. The number of nitrogens with one attached hydrogen (secondary N) is 3. The van der Waals surface area contributed by atoms with Gasteiger partial charge in [-0.05, 0) is 44.4 Å². The van der Waals surface area contributed by atoms with Gasteiger partial charge in [-0.25, -0.2) is 4.79 Å². The van der Waals surface area contributed by atoms with Crippen LogP contribution in [0.5, 0.6) is 0 Å². The minimum absolute atomic E-state index is 0.198. The molecule has 0 aliphatic rings. The Bertz CT molecular complexity index is 848. The fourth-order valence-electron chi connectivity index (χ4n) is 3.06. The number of hydrogen-bond acceptors (Lipinski definition) is 5. The zero-order chi connectivity index (χ0) is 21.4. The number of carboxylic acids is 1. The Labute approximate surface area is 169 Å². The van der Waals surface area contributed by atoms with E-state index in [9.17, 15) is 19.5 Å². The van der Waals surface area contributed by atoms with Gasteiger partial charge in [-0.2, -0.15) is 0 Å². The van der Waals surface area contributed by atoms with Gasteiger partial charge in [0.2, 0.25) is 11.8 Å². The Morgan fingerprint density at radius 2 is 1.79 bits per heavy atom. The van der Waals surface area contributed by atoms with E-state index in [0.717, 1.165) is 16.5 Å². The fourth-order valence-corrected chi connectivity index (χ4v) is 3.06. The van der Waals surface area contributed by atoms with E-state index in [4.69, 9.17) is 11.5 Å². The van der Waals surface area contributed by atoms with Gasteiger partial charge in [0.25, 0.3) is 0 Å². The summed E-state index contributed by atoms with van der Waals surface area (Å²) in [4.78, 5) is 39.6. The molecule has 0 aliphatic heterocycles. The molecule has 0 fully saturated rings. The zero-order valence-corrected chi connectivity index (χ0v) is 16.5. The molecule has 29 heavy (non-hydrogen) atoms. The van der Waals surface area contributed by atoms with Crippen molar-refractivity contribution in [3.05, 3.63) is 36.0 Å². The van der Waals surface area contributed by atoms with Gasteiger partial charge in [0.05, 0.1) is 6.04 Å². The van der Waals surface area contributed by atoms with E-state index in [-0.39, 0.29) is 12.8 Å².